The van der Waals surface area contributed by atoms with E-state index in [4.69, 9.17) is 0 Å². The molecule has 0 radical (unpaired) electrons. The highest BCUT2D eigenvalue weighted by atomic mass is 15.3. The largest absolute Gasteiger partial charge is 0.354 e. The van der Waals surface area contributed by atoms with Gasteiger partial charge in [0, 0.05) is 5.69 Å². The number of hydrogen-bond acceptors (Lipinski definition) is 1. The van der Waals surface area contributed by atoms with Crippen molar-refractivity contribution in [3.8, 4) is 0 Å². The van der Waals surface area contributed by atoms with E-state index < -0.39 is 0 Å². The summed E-state index contributed by atoms with van der Waals surface area (Å²) in [5.41, 5.74) is 6.23. The van der Waals surface area contributed by atoms with E-state index in [0.29, 0.717) is 6.04 Å². The van der Waals surface area contributed by atoms with Gasteiger partial charge in [-0.3, -0.25) is 4.68 Å². The summed E-state index contributed by atoms with van der Waals surface area (Å²) in [6.07, 6.45) is 0. The second kappa shape index (κ2) is 3.05. The zero-order chi connectivity index (χ0) is 8.43. The molecule has 1 aromatic heterocycles. The lowest BCUT2D eigenvalue weighted by atomic mass is 10.3. The van der Waals surface area contributed by atoms with Crippen molar-refractivity contribution >= 4 is 0 Å². The molecule has 0 aliphatic carbocycles. The third-order valence-electron chi connectivity index (χ3n) is 1.59. The second-order valence-corrected chi connectivity index (χ2v) is 3.21. The van der Waals surface area contributed by atoms with Crippen LogP contribution < -0.4 is 5.73 Å². The maximum atomic E-state index is 4.33. The van der Waals surface area contributed by atoms with Gasteiger partial charge >= 0.3 is 0 Å². The normalized spacial score (nSPS) is 13.5. The standard InChI is InChI=1S/C8H15N3/c1-6(9)5-11-8(3)4-7(2)10-11/h4,6H,5,9H2,1-3H3/p+1/t6-/m1/s1. The summed E-state index contributed by atoms with van der Waals surface area (Å²) in [5.74, 6) is 0. The van der Waals surface area contributed by atoms with Gasteiger partial charge in [-0.15, -0.1) is 0 Å². The van der Waals surface area contributed by atoms with Crippen LogP contribution in [0.3, 0.4) is 0 Å². The van der Waals surface area contributed by atoms with Crippen LogP contribution in [-0.2, 0) is 6.54 Å². The Balaban J connectivity index is 2.77. The summed E-state index contributed by atoms with van der Waals surface area (Å²) >= 11 is 0. The van der Waals surface area contributed by atoms with Gasteiger partial charge in [-0.1, -0.05) is 0 Å². The Morgan fingerprint density at radius 1 is 1.64 bits per heavy atom. The molecule has 3 heteroatoms. The summed E-state index contributed by atoms with van der Waals surface area (Å²) in [5, 5.41) is 4.33. The minimum absolute atomic E-state index is 0.424. The van der Waals surface area contributed by atoms with Crippen molar-refractivity contribution in [2.45, 2.75) is 33.4 Å². The fraction of sp³-hybridized carbons (Fsp3) is 0.625. The molecule has 11 heavy (non-hydrogen) atoms. The van der Waals surface area contributed by atoms with Crippen molar-refractivity contribution < 1.29 is 5.73 Å². The Bertz CT molecular complexity index is 237. The number of aryl methyl sites for hydroxylation is 2. The van der Waals surface area contributed by atoms with Gasteiger partial charge in [0.05, 0.1) is 12.2 Å². The molecule has 0 bridgehead atoms. The minimum Gasteiger partial charge on any atom is -0.354 e. The van der Waals surface area contributed by atoms with E-state index in [9.17, 15) is 0 Å². The van der Waals surface area contributed by atoms with Gasteiger partial charge in [-0.2, -0.15) is 5.10 Å². The van der Waals surface area contributed by atoms with Crippen LogP contribution in [-0.4, -0.2) is 15.8 Å². The lowest BCUT2D eigenvalue weighted by Gasteiger charge is -2.03. The van der Waals surface area contributed by atoms with Crippen LogP contribution in [0, 0.1) is 13.8 Å². The molecular weight excluding hydrogens is 138 g/mol. The maximum Gasteiger partial charge on any atom is 0.101 e. The van der Waals surface area contributed by atoms with Crippen molar-refractivity contribution in [3.63, 3.8) is 0 Å². The number of aromatic nitrogens is 2. The Kier molecular flexibility index (Phi) is 2.29. The van der Waals surface area contributed by atoms with Crippen molar-refractivity contribution in [1.29, 1.82) is 0 Å². The first-order valence-corrected chi connectivity index (χ1v) is 3.93. The van der Waals surface area contributed by atoms with Gasteiger partial charge in [0.1, 0.15) is 6.04 Å². The van der Waals surface area contributed by atoms with Crippen LogP contribution in [0.1, 0.15) is 18.3 Å². The molecule has 1 rings (SSSR count). The van der Waals surface area contributed by atoms with Crippen molar-refractivity contribution in [1.82, 2.24) is 9.78 Å². The van der Waals surface area contributed by atoms with E-state index in [2.05, 4.69) is 30.7 Å². The molecular formula is C8H16N3+. The molecule has 1 aromatic rings. The third kappa shape index (κ3) is 2.05. The molecule has 3 N–H and O–H groups in total. The first-order valence-electron chi connectivity index (χ1n) is 3.93. The first kappa shape index (κ1) is 8.27. The minimum atomic E-state index is 0.424. The van der Waals surface area contributed by atoms with E-state index in [1.165, 1.54) is 5.69 Å². The topological polar surface area (TPSA) is 45.5 Å². The molecule has 0 aromatic carbocycles. The summed E-state index contributed by atoms with van der Waals surface area (Å²) < 4.78 is 2.01. The number of rotatable bonds is 2. The zero-order valence-electron chi connectivity index (χ0n) is 7.46. The second-order valence-electron chi connectivity index (χ2n) is 3.21. The van der Waals surface area contributed by atoms with Gasteiger partial charge < -0.3 is 5.73 Å². The number of hydrogen-bond donors (Lipinski definition) is 1. The van der Waals surface area contributed by atoms with Crippen LogP contribution >= 0.6 is 0 Å². The van der Waals surface area contributed by atoms with E-state index >= 15 is 0 Å². The molecule has 0 saturated carbocycles. The van der Waals surface area contributed by atoms with Gasteiger partial charge in [0.15, 0.2) is 0 Å². The van der Waals surface area contributed by atoms with Crippen molar-refractivity contribution in [2.24, 2.45) is 0 Å². The van der Waals surface area contributed by atoms with Crippen molar-refractivity contribution in [2.75, 3.05) is 0 Å². The molecule has 0 spiro atoms. The summed E-state index contributed by atoms with van der Waals surface area (Å²) in [6.45, 7) is 7.09. The van der Waals surface area contributed by atoms with Crippen LogP contribution in [0.4, 0.5) is 0 Å². The van der Waals surface area contributed by atoms with Crippen LogP contribution in [0.15, 0.2) is 6.07 Å². The van der Waals surface area contributed by atoms with Gasteiger partial charge in [-0.05, 0) is 26.8 Å². The zero-order valence-corrected chi connectivity index (χ0v) is 7.46. The molecule has 1 atom stereocenters. The Morgan fingerprint density at radius 2 is 2.27 bits per heavy atom. The molecule has 1 heterocycles. The third-order valence-corrected chi connectivity index (χ3v) is 1.59. The monoisotopic (exact) mass is 154 g/mol. The van der Waals surface area contributed by atoms with Crippen molar-refractivity contribution in [3.05, 3.63) is 17.5 Å². The fourth-order valence-corrected chi connectivity index (χ4v) is 1.15. The highest BCUT2D eigenvalue weighted by Crippen LogP contribution is 2.01. The van der Waals surface area contributed by atoms with Crippen LogP contribution in [0.25, 0.3) is 0 Å². The predicted octanol–water partition coefficient (Wildman–Crippen LogP) is 0.130. The quantitative estimate of drug-likeness (QED) is 0.646. The SMILES string of the molecule is Cc1cc(C)n(C[C@@H](C)[NH3+])n1. The maximum absolute atomic E-state index is 4.33. The van der Waals surface area contributed by atoms with Crippen LogP contribution in [0.5, 0.6) is 0 Å². The average molecular weight is 154 g/mol. The van der Waals surface area contributed by atoms with E-state index in [-0.39, 0.29) is 0 Å². The number of nitrogens with zero attached hydrogens (tertiary/aromatic N) is 2. The summed E-state index contributed by atoms with van der Waals surface area (Å²) in [6, 6.07) is 2.51. The lowest BCUT2D eigenvalue weighted by Crippen LogP contribution is -2.61. The van der Waals surface area contributed by atoms with E-state index in [0.717, 1.165) is 12.2 Å². The van der Waals surface area contributed by atoms with Gasteiger partial charge in [0.2, 0.25) is 0 Å². The smallest absolute Gasteiger partial charge is 0.101 e. The molecule has 3 nitrogen and oxygen atoms in total. The number of quaternary nitrogens is 1. The van der Waals surface area contributed by atoms with E-state index in [1.807, 2.05) is 11.6 Å². The fourth-order valence-electron chi connectivity index (χ4n) is 1.15. The van der Waals surface area contributed by atoms with Gasteiger partial charge in [-0.25, -0.2) is 0 Å². The molecule has 0 fully saturated rings. The molecule has 0 unspecified atom stereocenters. The van der Waals surface area contributed by atoms with Gasteiger partial charge in [0.25, 0.3) is 0 Å². The molecule has 0 amide bonds. The summed E-state index contributed by atoms with van der Waals surface area (Å²) in [7, 11) is 0. The Hall–Kier alpha value is -0.830. The Morgan fingerprint density at radius 3 is 2.64 bits per heavy atom. The van der Waals surface area contributed by atoms with E-state index in [1.54, 1.807) is 0 Å². The van der Waals surface area contributed by atoms with Crippen LogP contribution in [0.2, 0.25) is 0 Å². The lowest BCUT2D eigenvalue weighted by molar-refractivity contribution is -0.417. The Labute approximate surface area is 67.2 Å². The average Bonchev–Trinajstić information content (AvgIpc) is 2.09. The molecule has 0 saturated heterocycles. The molecule has 0 aliphatic rings. The molecule has 0 aliphatic heterocycles. The molecule has 62 valence electrons. The highest BCUT2D eigenvalue weighted by molar-refractivity contribution is 5.06. The highest BCUT2D eigenvalue weighted by Gasteiger charge is 2.03. The summed E-state index contributed by atoms with van der Waals surface area (Å²) in [4.78, 5) is 0. The predicted molar refractivity (Wildman–Crippen MR) is 44.1 cm³/mol. The first-order chi connectivity index (χ1) is 5.09.